The van der Waals surface area contributed by atoms with Crippen LogP contribution in [0.4, 0.5) is 0 Å². The quantitative estimate of drug-likeness (QED) is 0.730. The molecule has 0 saturated heterocycles. The molecule has 0 spiro atoms. The minimum Gasteiger partial charge on any atom is -0.270 e. The summed E-state index contributed by atoms with van der Waals surface area (Å²) >= 11 is 6.50. The molecule has 1 N–H and O–H groups in total. The molecule has 0 atom stereocenters. The highest BCUT2D eigenvalue weighted by atomic mass is 79.9. The summed E-state index contributed by atoms with van der Waals surface area (Å²) in [6, 6.07) is 0. The number of rotatable bonds is 1. The lowest BCUT2D eigenvalue weighted by molar-refractivity contribution is -0.119. The standard InChI is InChI=1S/C6H8Br2N2O/c1-3(2)4-6(7,8)5(11)10-9-4/h3H,1-2H3,(H,10,11). The first-order chi connectivity index (χ1) is 4.96. The number of hydrogen-bond donors (Lipinski definition) is 1. The van der Waals surface area contributed by atoms with Crippen LogP contribution >= 0.6 is 31.9 Å². The SMILES string of the molecule is CC(C)C1=NNC(=O)C1(Br)Br. The molecule has 0 unspecified atom stereocenters. The van der Waals surface area contributed by atoms with Crippen LogP contribution in [-0.4, -0.2) is 14.9 Å². The Morgan fingerprint density at radius 1 is 1.55 bits per heavy atom. The average molecular weight is 284 g/mol. The van der Waals surface area contributed by atoms with Gasteiger partial charge in [0.2, 0.25) is 0 Å². The van der Waals surface area contributed by atoms with Gasteiger partial charge in [-0.25, -0.2) is 5.43 Å². The zero-order valence-corrected chi connectivity index (χ0v) is 9.36. The minimum absolute atomic E-state index is 0.166. The van der Waals surface area contributed by atoms with E-state index < -0.39 is 3.23 Å². The lowest BCUT2D eigenvalue weighted by Gasteiger charge is -2.14. The van der Waals surface area contributed by atoms with E-state index in [1.54, 1.807) is 0 Å². The number of hydrazone groups is 1. The third-order valence-corrected chi connectivity index (χ3v) is 2.96. The van der Waals surface area contributed by atoms with Crippen LogP contribution in [-0.2, 0) is 4.79 Å². The lowest BCUT2D eigenvalue weighted by Crippen LogP contribution is -2.35. The Hall–Kier alpha value is 0.1000. The molecule has 0 bridgehead atoms. The highest BCUT2D eigenvalue weighted by Crippen LogP contribution is 2.34. The van der Waals surface area contributed by atoms with Gasteiger partial charge in [0.05, 0.1) is 5.71 Å². The maximum absolute atomic E-state index is 11.1. The maximum Gasteiger partial charge on any atom is 0.273 e. The second-order valence-electron chi connectivity index (χ2n) is 2.67. The molecular formula is C6H8Br2N2O. The van der Waals surface area contributed by atoms with Gasteiger partial charge in [-0.1, -0.05) is 45.7 Å². The smallest absolute Gasteiger partial charge is 0.270 e. The molecule has 0 aromatic rings. The first kappa shape index (κ1) is 9.19. The highest BCUT2D eigenvalue weighted by Gasteiger charge is 2.43. The molecule has 1 aliphatic rings. The Kier molecular flexibility index (Phi) is 2.39. The first-order valence-corrected chi connectivity index (χ1v) is 4.81. The second-order valence-corrected chi connectivity index (χ2v) is 6.11. The van der Waals surface area contributed by atoms with Crippen LogP contribution < -0.4 is 5.43 Å². The van der Waals surface area contributed by atoms with E-state index in [9.17, 15) is 4.79 Å². The molecule has 3 nitrogen and oxygen atoms in total. The Morgan fingerprint density at radius 2 is 2.09 bits per heavy atom. The van der Waals surface area contributed by atoms with E-state index in [1.807, 2.05) is 13.8 Å². The number of hydrogen-bond acceptors (Lipinski definition) is 2. The number of alkyl halides is 2. The van der Waals surface area contributed by atoms with E-state index in [4.69, 9.17) is 0 Å². The molecular weight excluding hydrogens is 276 g/mol. The van der Waals surface area contributed by atoms with Crippen LogP contribution in [0.5, 0.6) is 0 Å². The van der Waals surface area contributed by atoms with Crippen molar-refractivity contribution < 1.29 is 4.79 Å². The Bertz CT molecular complexity index is 223. The van der Waals surface area contributed by atoms with Gasteiger partial charge in [-0.3, -0.25) is 4.79 Å². The fraction of sp³-hybridized carbons (Fsp3) is 0.667. The van der Waals surface area contributed by atoms with Gasteiger partial charge in [-0.2, -0.15) is 5.10 Å². The van der Waals surface area contributed by atoms with Gasteiger partial charge < -0.3 is 0 Å². The van der Waals surface area contributed by atoms with E-state index in [-0.39, 0.29) is 11.8 Å². The molecule has 0 aromatic heterocycles. The molecule has 0 fully saturated rings. The highest BCUT2D eigenvalue weighted by molar-refractivity contribution is 9.26. The first-order valence-electron chi connectivity index (χ1n) is 3.22. The summed E-state index contributed by atoms with van der Waals surface area (Å²) in [7, 11) is 0. The van der Waals surface area contributed by atoms with Crippen LogP contribution in [0.3, 0.4) is 0 Å². The Morgan fingerprint density at radius 3 is 2.27 bits per heavy atom. The summed E-state index contributed by atoms with van der Waals surface area (Å²) in [4.78, 5) is 11.1. The fourth-order valence-corrected chi connectivity index (χ4v) is 2.13. The summed E-state index contributed by atoms with van der Waals surface area (Å²) in [6.07, 6.45) is 0. The summed E-state index contributed by atoms with van der Waals surface area (Å²) in [5.74, 6) is 0.0777. The number of nitrogens with zero attached hydrogens (tertiary/aromatic N) is 1. The predicted molar refractivity (Wildman–Crippen MR) is 51.0 cm³/mol. The van der Waals surface area contributed by atoms with E-state index in [1.165, 1.54) is 0 Å². The summed E-state index contributed by atoms with van der Waals surface area (Å²) in [5.41, 5.74) is 3.18. The van der Waals surface area contributed by atoms with Crippen molar-refractivity contribution in [3.05, 3.63) is 0 Å². The zero-order valence-electron chi connectivity index (χ0n) is 6.19. The van der Waals surface area contributed by atoms with Gasteiger partial charge in [-0.15, -0.1) is 0 Å². The third kappa shape index (κ3) is 1.49. The number of halogens is 2. The van der Waals surface area contributed by atoms with E-state index in [0.717, 1.165) is 5.71 Å². The van der Waals surface area contributed by atoms with Crippen molar-refractivity contribution in [2.24, 2.45) is 11.0 Å². The topological polar surface area (TPSA) is 41.5 Å². The lowest BCUT2D eigenvalue weighted by atomic mass is 10.1. The third-order valence-electron chi connectivity index (χ3n) is 1.43. The van der Waals surface area contributed by atoms with Gasteiger partial charge in [0.15, 0.2) is 3.23 Å². The van der Waals surface area contributed by atoms with Gasteiger partial charge in [0, 0.05) is 0 Å². The van der Waals surface area contributed by atoms with E-state index >= 15 is 0 Å². The number of carbonyl (C=O) groups excluding carboxylic acids is 1. The van der Waals surface area contributed by atoms with Crippen molar-refractivity contribution >= 4 is 43.5 Å². The van der Waals surface area contributed by atoms with Crippen molar-refractivity contribution in [1.82, 2.24) is 5.43 Å². The molecule has 1 heterocycles. The molecule has 0 saturated carbocycles. The van der Waals surface area contributed by atoms with Gasteiger partial charge >= 0.3 is 0 Å². The summed E-state index contributed by atoms with van der Waals surface area (Å²) in [5, 5.41) is 3.89. The number of carbonyl (C=O) groups is 1. The monoisotopic (exact) mass is 282 g/mol. The average Bonchev–Trinajstić information content (AvgIpc) is 2.08. The number of amides is 1. The van der Waals surface area contributed by atoms with Crippen molar-refractivity contribution in [1.29, 1.82) is 0 Å². The van der Waals surface area contributed by atoms with Crippen molar-refractivity contribution in [3.63, 3.8) is 0 Å². The molecule has 1 amide bonds. The van der Waals surface area contributed by atoms with Gasteiger partial charge in [0.25, 0.3) is 5.91 Å². The number of nitrogens with one attached hydrogen (secondary N) is 1. The molecule has 1 rings (SSSR count). The molecule has 0 radical (unpaired) electrons. The largest absolute Gasteiger partial charge is 0.273 e. The van der Waals surface area contributed by atoms with Crippen LogP contribution in [0.2, 0.25) is 0 Å². The molecule has 62 valence electrons. The Balaban J connectivity index is 2.92. The van der Waals surface area contributed by atoms with Crippen LogP contribution in [0.15, 0.2) is 5.10 Å². The van der Waals surface area contributed by atoms with Gasteiger partial charge in [-0.05, 0) is 5.92 Å². The van der Waals surface area contributed by atoms with Crippen molar-refractivity contribution in [2.45, 2.75) is 17.1 Å². The predicted octanol–water partition coefficient (Wildman–Crippen LogP) is 1.61. The summed E-state index contributed by atoms with van der Waals surface area (Å²) < 4.78 is -0.784. The van der Waals surface area contributed by atoms with Crippen molar-refractivity contribution in [3.8, 4) is 0 Å². The Labute approximate surface area is 81.9 Å². The molecule has 1 aliphatic heterocycles. The van der Waals surface area contributed by atoms with Crippen LogP contribution in [0, 0.1) is 5.92 Å². The minimum atomic E-state index is -0.784. The maximum atomic E-state index is 11.1. The van der Waals surface area contributed by atoms with E-state index in [2.05, 4.69) is 42.4 Å². The fourth-order valence-electron chi connectivity index (χ4n) is 0.859. The van der Waals surface area contributed by atoms with Crippen molar-refractivity contribution in [2.75, 3.05) is 0 Å². The summed E-state index contributed by atoms with van der Waals surface area (Å²) in [6.45, 7) is 3.97. The van der Waals surface area contributed by atoms with Crippen LogP contribution in [0.25, 0.3) is 0 Å². The second kappa shape index (κ2) is 2.86. The van der Waals surface area contributed by atoms with E-state index in [0.29, 0.717) is 0 Å². The molecule has 11 heavy (non-hydrogen) atoms. The molecule has 0 aliphatic carbocycles. The molecule has 0 aromatic carbocycles. The molecule has 5 heteroatoms. The van der Waals surface area contributed by atoms with Gasteiger partial charge in [0.1, 0.15) is 0 Å². The normalized spacial score (nSPS) is 21.9. The zero-order chi connectivity index (χ0) is 8.65. The van der Waals surface area contributed by atoms with Crippen LogP contribution in [0.1, 0.15) is 13.8 Å².